The third-order valence-electron chi connectivity index (χ3n) is 3.02. The van der Waals surface area contributed by atoms with Crippen molar-refractivity contribution >= 4 is 15.9 Å². The van der Waals surface area contributed by atoms with Crippen molar-refractivity contribution < 1.29 is 22.6 Å². The predicted molar refractivity (Wildman–Crippen MR) is 75.3 cm³/mol. The molecule has 6 heteroatoms. The van der Waals surface area contributed by atoms with Crippen LogP contribution in [-0.2, 0) is 16.2 Å². The molecule has 0 aromatic heterocycles. The van der Waals surface area contributed by atoms with E-state index in [1.165, 1.54) is 6.07 Å². The van der Waals surface area contributed by atoms with E-state index in [-0.39, 0.29) is 12.4 Å². The van der Waals surface area contributed by atoms with Crippen molar-refractivity contribution in [3.8, 4) is 5.75 Å². The molecule has 2 nitrogen and oxygen atoms in total. The molecule has 1 aromatic carbocycles. The summed E-state index contributed by atoms with van der Waals surface area (Å²) in [5.74, 6) is -0.144. The Hall–Kier alpha value is -0.750. The normalized spacial score (nSPS) is 12.6. The highest BCUT2D eigenvalue weighted by atomic mass is 79.9. The molecule has 0 aliphatic rings. The Morgan fingerprint density at radius 1 is 1.20 bits per heavy atom. The van der Waals surface area contributed by atoms with Gasteiger partial charge in [-0.05, 0) is 31.5 Å². The van der Waals surface area contributed by atoms with Gasteiger partial charge in [0, 0.05) is 18.9 Å². The van der Waals surface area contributed by atoms with Crippen molar-refractivity contribution in [1.29, 1.82) is 0 Å². The monoisotopic (exact) mass is 354 g/mol. The minimum Gasteiger partial charge on any atom is -0.493 e. The summed E-state index contributed by atoms with van der Waals surface area (Å²) in [6, 6.07) is 4.07. The standard InChI is InChI=1S/C14H18BrF3O2/c1-13(2,19-3)6-7-20-12-5-4-10(9-15)8-11(12)14(16,17)18/h4-5,8H,6-7,9H2,1-3H3. The fourth-order valence-electron chi connectivity index (χ4n) is 1.52. The third kappa shape index (κ3) is 4.98. The number of halogens is 4. The number of methoxy groups -OCH3 is 1. The van der Waals surface area contributed by atoms with Gasteiger partial charge >= 0.3 is 6.18 Å². The quantitative estimate of drug-likeness (QED) is 0.683. The zero-order valence-electron chi connectivity index (χ0n) is 11.7. The Bertz CT molecular complexity index is 445. The molecule has 0 saturated carbocycles. The highest BCUT2D eigenvalue weighted by molar-refractivity contribution is 9.08. The molecule has 0 unspecified atom stereocenters. The van der Waals surface area contributed by atoms with Gasteiger partial charge in [-0.25, -0.2) is 0 Å². The molecule has 0 atom stereocenters. The molecule has 0 fully saturated rings. The average Bonchev–Trinajstić information content (AvgIpc) is 2.37. The number of hydrogen-bond donors (Lipinski definition) is 0. The van der Waals surface area contributed by atoms with E-state index < -0.39 is 17.3 Å². The van der Waals surface area contributed by atoms with Gasteiger partial charge < -0.3 is 9.47 Å². The Kier molecular flexibility index (Phi) is 5.89. The van der Waals surface area contributed by atoms with Crippen molar-refractivity contribution in [1.82, 2.24) is 0 Å². The van der Waals surface area contributed by atoms with Crippen LogP contribution in [0, 0.1) is 0 Å². The summed E-state index contributed by atoms with van der Waals surface area (Å²) >= 11 is 3.15. The fourth-order valence-corrected chi connectivity index (χ4v) is 1.87. The molecule has 0 bridgehead atoms. The van der Waals surface area contributed by atoms with E-state index in [4.69, 9.17) is 9.47 Å². The van der Waals surface area contributed by atoms with Crippen molar-refractivity contribution in [2.75, 3.05) is 13.7 Å². The van der Waals surface area contributed by atoms with Gasteiger partial charge in [0.25, 0.3) is 0 Å². The van der Waals surface area contributed by atoms with Gasteiger partial charge in [-0.1, -0.05) is 22.0 Å². The van der Waals surface area contributed by atoms with Gasteiger partial charge in [-0.15, -0.1) is 0 Å². The first kappa shape index (κ1) is 17.3. The van der Waals surface area contributed by atoms with Crippen LogP contribution >= 0.6 is 15.9 Å². The van der Waals surface area contributed by atoms with Crippen LogP contribution in [-0.4, -0.2) is 19.3 Å². The number of ether oxygens (including phenoxy) is 2. The largest absolute Gasteiger partial charge is 0.493 e. The van der Waals surface area contributed by atoms with Crippen molar-refractivity contribution in [2.45, 2.75) is 37.4 Å². The first-order chi connectivity index (χ1) is 9.19. The Balaban J connectivity index is 2.84. The van der Waals surface area contributed by atoms with Gasteiger partial charge in [-0.2, -0.15) is 13.2 Å². The molecular weight excluding hydrogens is 337 g/mol. The highest BCUT2D eigenvalue weighted by Crippen LogP contribution is 2.37. The minimum atomic E-state index is -4.43. The van der Waals surface area contributed by atoms with E-state index in [1.54, 1.807) is 13.2 Å². The Labute approximate surface area is 125 Å². The lowest BCUT2D eigenvalue weighted by molar-refractivity contribution is -0.139. The summed E-state index contributed by atoms with van der Waals surface area (Å²) < 4.78 is 49.4. The Morgan fingerprint density at radius 3 is 2.35 bits per heavy atom. The van der Waals surface area contributed by atoms with E-state index in [0.717, 1.165) is 6.07 Å². The first-order valence-corrected chi connectivity index (χ1v) is 7.26. The predicted octanol–water partition coefficient (Wildman–Crippen LogP) is 4.79. The maximum absolute atomic E-state index is 13.0. The van der Waals surface area contributed by atoms with Gasteiger partial charge in [0.05, 0.1) is 17.8 Å². The zero-order chi connectivity index (χ0) is 15.4. The van der Waals surface area contributed by atoms with E-state index >= 15 is 0 Å². The number of rotatable bonds is 6. The van der Waals surface area contributed by atoms with Crippen LogP contribution in [0.15, 0.2) is 18.2 Å². The molecule has 114 valence electrons. The molecule has 1 rings (SSSR count). The van der Waals surface area contributed by atoms with Crippen LogP contribution in [0.1, 0.15) is 31.4 Å². The maximum Gasteiger partial charge on any atom is 0.419 e. The molecule has 0 aliphatic carbocycles. The lowest BCUT2D eigenvalue weighted by Gasteiger charge is -2.23. The summed E-state index contributed by atoms with van der Waals surface area (Å²) in [6.07, 6.45) is -3.93. The number of benzene rings is 1. The smallest absolute Gasteiger partial charge is 0.419 e. The fraction of sp³-hybridized carbons (Fsp3) is 0.571. The second-order valence-corrected chi connectivity index (χ2v) is 5.58. The molecular formula is C14H18BrF3O2. The van der Waals surface area contributed by atoms with Gasteiger partial charge in [0.1, 0.15) is 5.75 Å². The molecule has 0 saturated heterocycles. The van der Waals surface area contributed by atoms with Crippen LogP contribution < -0.4 is 4.74 Å². The van der Waals surface area contributed by atoms with E-state index in [2.05, 4.69) is 15.9 Å². The van der Waals surface area contributed by atoms with E-state index in [0.29, 0.717) is 17.3 Å². The van der Waals surface area contributed by atoms with Crippen molar-refractivity contribution in [2.24, 2.45) is 0 Å². The Morgan fingerprint density at radius 2 is 1.85 bits per heavy atom. The molecule has 0 spiro atoms. The highest BCUT2D eigenvalue weighted by Gasteiger charge is 2.34. The summed E-state index contributed by atoms with van der Waals surface area (Å²) in [7, 11) is 1.56. The SMILES string of the molecule is COC(C)(C)CCOc1ccc(CBr)cc1C(F)(F)F. The van der Waals surface area contributed by atoms with Crippen LogP contribution in [0.2, 0.25) is 0 Å². The van der Waals surface area contributed by atoms with Gasteiger partial charge in [0.2, 0.25) is 0 Å². The summed E-state index contributed by atoms with van der Waals surface area (Å²) in [5.41, 5.74) is -0.611. The number of alkyl halides is 4. The van der Waals surface area contributed by atoms with Gasteiger partial charge in [-0.3, -0.25) is 0 Å². The second-order valence-electron chi connectivity index (χ2n) is 5.02. The molecule has 0 heterocycles. The summed E-state index contributed by atoms with van der Waals surface area (Å²) in [4.78, 5) is 0. The lowest BCUT2D eigenvalue weighted by Crippen LogP contribution is -2.25. The van der Waals surface area contributed by atoms with Crippen LogP contribution in [0.3, 0.4) is 0 Å². The second kappa shape index (κ2) is 6.80. The minimum absolute atomic E-state index is 0.144. The molecule has 0 amide bonds. The van der Waals surface area contributed by atoms with Crippen molar-refractivity contribution in [3.05, 3.63) is 29.3 Å². The van der Waals surface area contributed by atoms with Gasteiger partial charge in [0.15, 0.2) is 0 Å². The third-order valence-corrected chi connectivity index (χ3v) is 3.67. The lowest BCUT2D eigenvalue weighted by atomic mass is 10.1. The summed E-state index contributed by atoms with van der Waals surface area (Å²) in [5, 5.41) is 0.368. The van der Waals surface area contributed by atoms with E-state index in [9.17, 15) is 13.2 Å². The molecule has 0 radical (unpaired) electrons. The summed E-state index contributed by atoms with van der Waals surface area (Å²) in [6.45, 7) is 3.88. The maximum atomic E-state index is 13.0. The first-order valence-electron chi connectivity index (χ1n) is 6.13. The van der Waals surface area contributed by atoms with Crippen LogP contribution in [0.4, 0.5) is 13.2 Å². The van der Waals surface area contributed by atoms with Crippen LogP contribution in [0.5, 0.6) is 5.75 Å². The topological polar surface area (TPSA) is 18.5 Å². The molecule has 0 N–H and O–H groups in total. The molecule has 0 aliphatic heterocycles. The van der Waals surface area contributed by atoms with Crippen LogP contribution in [0.25, 0.3) is 0 Å². The molecule has 1 aromatic rings. The van der Waals surface area contributed by atoms with E-state index in [1.807, 2.05) is 13.8 Å². The average molecular weight is 355 g/mol. The zero-order valence-corrected chi connectivity index (χ0v) is 13.3. The van der Waals surface area contributed by atoms with Crippen molar-refractivity contribution in [3.63, 3.8) is 0 Å². The molecule has 20 heavy (non-hydrogen) atoms. The number of hydrogen-bond acceptors (Lipinski definition) is 2.